The van der Waals surface area contributed by atoms with E-state index in [2.05, 4.69) is 15.0 Å². The SMILES string of the molecule is O=C(NS(=O)(=O)c1cccnc1)C1CCCNC1. The van der Waals surface area contributed by atoms with Crippen molar-refractivity contribution in [3.8, 4) is 0 Å². The molecule has 1 fully saturated rings. The Kier molecular flexibility index (Phi) is 3.93. The van der Waals surface area contributed by atoms with E-state index in [0.29, 0.717) is 13.0 Å². The lowest BCUT2D eigenvalue weighted by Gasteiger charge is -2.21. The van der Waals surface area contributed by atoms with Crippen molar-refractivity contribution < 1.29 is 13.2 Å². The van der Waals surface area contributed by atoms with Gasteiger partial charge in [-0.25, -0.2) is 13.1 Å². The Morgan fingerprint density at radius 2 is 2.33 bits per heavy atom. The largest absolute Gasteiger partial charge is 0.316 e. The van der Waals surface area contributed by atoms with Crippen molar-refractivity contribution >= 4 is 15.9 Å². The Balaban J connectivity index is 2.06. The molecule has 1 aromatic heterocycles. The van der Waals surface area contributed by atoms with E-state index < -0.39 is 15.9 Å². The molecule has 1 saturated heterocycles. The molecule has 7 heteroatoms. The summed E-state index contributed by atoms with van der Waals surface area (Å²) in [6.07, 6.45) is 4.28. The second-order valence-electron chi connectivity index (χ2n) is 4.20. The summed E-state index contributed by atoms with van der Waals surface area (Å²) in [7, 11) is -3.80. The van der Waals surface area contributed by atoms with E-state index in [9.17, 15) is 13.2 Å². The van der Waals surface area contributed by atoms with Crippen LogP contribution in [0.25, 0.3) is 0 Å². The molecule has 1 aliphatic heterocycles. The fourth-order valence-electron chi connectivity index (χ4n) is 1.86. The zero-order chi connectivity index (χ0) is 13.0. The number of piperidine rings is 1. The predicted molar refractivity (Wildman–Crippen MR) is 65.2 cm³/mol. The number of aromatic nitrogens is 1. The van der Waals surface area contributed by atoms with E-state index in [1.807, 2.05) is 0 Å². The number of amides is 1. The summed E-state index contributed by atoms with van der Waals surface area (Å²) in [5, 5.41) is 3.07. The highest BCUT2D eigenvalue weighted by molar-refractivity contribution is 7.90. The first-order chi connectivity index (χ1) is 8.59. The van der Waals surface area contributed by atoms with Gasteiger partial charge < -0.3 is 5.32 Å². The lowest BCUT2D eigenvalue weighted by Crippen LogP contribution is -2.42. The van der Waals surface area contributed by atoms with Crippen molar-refractivity contribution in [2.24, 2.45) is 5.92 Å². The average molecular weight is 269 g/mol. The molecule has 1 unspecified atom stereocenters. The highest BCUT2D eigenvalue weighted by Crippen LogP contribution is 2.12. The molecule has 1 atom stereocenters. The van der Waals surface area contributed by atoms with Crippen molar-refractivity contribution in [2.45, 2.75) is 17.7 Å². The predicted octanol–water partition coefficient (Wildman–Crippen LogP) is -0.114. The van der Waals surface area contributed by atoms with E-state index in [0.717, 1.165) is 13.0 Å². The van der Waals surface area contributed by atoms with Crippen LogP contribution in [-0.2, 0) is 14.8 Å². The summed E-state index contributed by atoms with van der Waals surface area (Å²) in [5.74, 6) is -0.740. The molecule has 2 heterocycles. The number of hydrogen-bond acceptors (Lipinski definition) is 5. The number of pyridine rings is 1. The van der Waals surface area contributed by atoms with Gasteiger partial charge in [-0.15, -0.1) is 0 Å². The zero-order valence-corrected chi connectivity index (χ0v) is 10.6. The first-order valence-electron chi connectivity index (χ1n) is 5.77. The summed E-state index contributed by atoms with van der Waals surface area (Å²) in [5.41, 5.74) is 0. The molecule has 1 aromatic rings. The van der Waals surface area contributed by atoms with Gasteiger partial charge in [0, 0.05) is 18.9 Å². The second kappa shape index (κ2) is 5.45. The second-order valence-corrected chi connectivity index (χ2v) is 5.88. The first-order valence-corrected chi connectivity index (χ1v) is 7.25. The van der Waals surface area contributed by atoms with Crippen LogP contribution in [0.15, 0.2) is 29.4 Å². The number of nitrogens with one attached hydrogen (secondary N) is 2. The molecule has 2 N–H and O–H groups in total. The molecule has 6 nitrogen and oxygen atoms in total. The quantitative estimate of drug-likeness (QED) is 0.799. The number of sulfonamides is 1. The van der Waals surface area contributed by atoms with Crippen LogP contribution in [0, 0.1) is 5.92 Å². The smallest absolute Gasteiger partial charge is 0.265 e. The van der Waals surface area contributed by atoms with Gasteiger partial charge in [0.15, 0.2) is 0 Å². The zero-order valence-electron chi connectivity index (χ0n) is 9.80. The minimum absolute atomic E-state index is 0.00196. The normalized spacial score (nSPS) is 20.3. The van der Waals surface area contributed by atoms with Gasteiger partial charge in [-0.3, -0.25) is 9.78 Å². The van der Waals surface area contributed by atoms with Crippen LogP contribution in [0.3, 0.4) is 0 Å². The van der Waals surface area contributed by atoms with Crippen molar-refractivity contribution in [1.82, 2.24) is 15.0 Å². The Bertz CT molecular complexity index is 510. The number of nitrogens with zero attached hydrogens (tertiary/aromatic N) is 1. The van der Waals surface area contributed by atoms with Crippen molar-refractivity contribution in [1.29, 1.82) is 0 Å². The van der Waals surface area contributed by atoms with Crippen LogP contribution in [0.1, 0.15) is 12.8 Å². The van der Waals surface area contributed by atoms with E-state index in [1.54, 1.807) is 0 Å². The summed E-state index contributed by atoms with van der Waals surface area (Å²) in [4.78, 5) is 15.6. The number of carbonyl (C=O) groups is 1. The van der Waals surface area contributed by atoms with Crippen LogP contribution in [0.4, 0.5) is 0 Å². The highest BCUT2D eigenvalue weighted by Gasteiger charge is 2.25. The topological polar surface area (TPSA) is 88.2 Å². The van der Waals surface area contributed by atoms with E-state index >= 15 is 0 Å². The Morgan fingerprint density at radius 1 is 1.50 bits per heavy atom. The maximum Gasteiger partial charge on any atom is 0.265 e. The summed E-state index contributed by atoms with van der Waals surface area (Å²) < 4.78 is 25.9. The molecule has 1 aliphatic rings. The minimum atomic E-state index is -3.80. The maximum absolute atomic E-state index is 11.9. The first kappa shape index (κ1) is 13.0. The highest BCUT2D eigenvalue weighted by atomic mass is 32.2. The van der Waals surface area contributed by atoms with Crippen molar-refractivity contribution in [3.63, 3.8) is 0 Å². The fraction of sp³-hybridized carbons (Fsp3) is 0.455. The number of carbonyl (C=O) groups excluding carboxylic acids is 1. The van der Waals surface area contributed by atoms with Crippen LogP contribution < -0.4 is 10.0 Å². The van der Waals surface area contributed by atoms with Gasteiger partial charge in [-0.05, 0) is 31.5 Å². The minimum Gasteiger partial charge on any atom is -0.316 e. The van der Waals surface area contributed by atoms with Gasteiger partial charge in [0.05, 0.1) is 5.92 Å². The average Bonchev–Trinajstić information content (AvgIpc) is 2.40. The van der Waals surface area contributed by atoms with E-state index in [-0.39, 0.29) is 10.8 Å². The molecule has 0 radical (unpaired) electrons. The van der Waals surface area contributed by atoms with Crippen LogP contribution in [0.2, 0.25) is 0 Å². The van der Waals surface area contributed by atoms with Gasteiger partial charge in [0.2, 0.25) is 5.91 Å². The Hall–Kier alpha value is -1.47. The van der Waals surface area contributed by atoms with Gasteiger partial charge in [0.25, 0.3) is 10.0 Å². The summed E-state index contributed by atoms with van der Waals surface area (Å²) in [6.45, 7) is 1.40. The van der Waals surface area contributed by atoms with Crippen LogP contribution in [-0.4, -0.2) is 32.4 Å². The Labute approximate surface area is 106 Å². The molecule has 0 bridgehead atoms. The van der Waals surface area contributed by atoms with Gasteiger partial charge in [-0.2, -0.15) is 0 Å². The van der Waals surface area contributed by atoms with Gasteiger partial charge in [0.1, 0.15) is 4.90 Å². The molecule has 0 aromatic carbocycles. The van der Waals surface area contributed by atoms with Crippen molar-refractivity contribution in [2.75, 3.05) is 13.1 Å². The molecular weight excluding hydrogens is 254 g/mol. The van der Waals surface area contributed by atoms with E-state index in [1.165, 1.54) is 24.5 Å². The maximum atomic E-state index is 11.9. The fourth-order valence-corrected chi connectivity index (χ4v) is 2.86. The monoisotopic (exact) mass is 269 g/mol. The van der Waals surface area contributed by atoms with Crippen molar-refractivity contribution in [3.05, 3.63) is 24.5 Å². The standard InChI is InChI=1S/C11H15N3O3S/c15-11(9-3-1-5-12-7-9)14-18(16,17)10-4-2-6-13-8-10/h2,4,6,8-9,12H,1,3,5,7H2,(H,14,15). The van der Waals surface area contributed by atoms with Crippen LogP contribution in [0.5, 0.6) is 0 Å². The third kappa shape index (κ3) is 3.05. The summed E-state index contributed by atoms with van der Waals surface area (Å²) >= 11 is 0. The third-order valence-corrected chi connectivity index (χ3v) is 4.18. The lowest BCUT2D eigenvalue weighted by molar-refractivity contribution is -0.123. The lowest BCUT2D eigenvalue weighted by atomic mass is 9.99. The molecular formula is C11H15N3O3S. The molecule has 1 amide bonds. The Morgan fingerprint density at radius 3 is 2.94 bits per heavy atom. The van der Waals surface area contributed by atoms with Gasteiger partial charge in [-0.1, -0.05) is 0 Å². The molecule has 0 saturated carbocycles. The van der Waals surface area contributed by atoms with Crippen LogP contribution >= 0.6 is 0 Å². The molecule has 18 heavy (non-hydrogen) atoms. The van der Waals surface area contributed by atoms with Gasteiger partial charge >= 0.3 is 0 Å². The van der Waals surface area contributed by atoms with E-state index in [4.69, 9.17) is 0 Å². The molecule has 2 rings (SSSR count). The molecule has 0 spiro atoms. The molecule has 0 aliphatic carbocycles. The molecule has 98 valence electrons. The number of rotatable bonds is 3. The summed E-state index contributed by atoms with van der Waals surface area (Å²) in [6, 6.07) is 2.92. The third-order valence-electron chi connectivity index (χ3n) is 2.85. The number of hydrogen-bond donors (Lipinski definition) is 2.